The minimum absolute atomic E-state index is 0.0192. The molecule has 0 aliphatic rings. The van der Waals surface area contributed by atoms with E-state index in [2.05, 4.69) is 23.3 Å². The highest BCUT2D eigenvalue weighted by atomic mass is 32.1. The van der Waals surface area contributed by atoms with Gasteiger partial charge in [0.25, 0.3) is 0 Å². The molecule has 0 spiro atoms. The summed E-state index contributed by atoms with van der Waals surface area (Å²) in [4.78, 5) is 3.49. The largest absolute Gasteiger partial charge is 0.395 e. The van der Waals surface area contributed by atoms with Gasteiger partial charge in [0.15, 0.2) is 0 Å². The number of aryl methyl sites for hydroxylation is 1. The Balaban J connectivity index is 2.89. The van der Waals surface area contributed by atoms with Gasteiger partial charge in [-0.15, -0.1) is 11.3 Å². The van der Waals surface area contributed by atoms with Crippen molar-refractivity contribution in [3.8, 4) is 0 Å². The van der Waals surface area contributed by atoms with Crippen molar-refractivity contribution in [3.63, 3.8) is 0 Å². The number of nitrogens with two attached hydrogens (primary N) is 1. The minimum Gasteiger partial charge on any atom is -0.395 e. The molecule has 0 bridgehead atoms. The van der Waals surface area contributed by atoms with Gasteiger partial charge in [-0.3, -0.25) is 4.90 Å². The van der Waals surface area contributed by atoms with E-state index in [0.717, 1.165) is 6.54 Å². The van der Waals surface area contributed by atoms with Crippen LogP contribution in [0.3, 0.4) is 0 Å². The number of nitrogens with zero attached hydrogens (tertiary/aromatic N) is 1. The zero-order valence-electron chi connectivity index (χ0n) is 11.4. The van der Waals surface area contributed by atoms with E-state index in [-0.39, 0.29) is 18.7 Å². The summed E-state index contributed by atoms with van der Waals surface area (Å²) >= 11 is 1.73. The van der Waals surface area contributed by atoms with Gasteiger partial charge in [-0.2, -0.15) is 0 Å². The van der Waals surface area contributed by atoms with Crippen LogP contribution < -0.4 is 5.73 Å². The third kappa shape index (κ3) is 4.03. The van der Waals surface area contributed by atoms with Crippen molar-refractivity contribution in [2.75, 3.05) is 33.4 Å². The average molecular weight is 272 g/mol. The van der Waals surface area contributed by atoms with Crippen molar-refractivity contribution in [1.82, 2.24) is 4.90 Å². The fraction of sp³-hybridized carbons (Fsp3) is 0.692. The Morgan fingerprint density at radius 3 is 2.67 bits per heavy atom. The number of ether oxygens (including phenoxy) is 1. The van der Waals surface area contributed by atoms with Crippen LogP contribution in [0.1, 0.15) is 23.4 Å². The molecule has 3 N–H and O–H groups in total. The lowest BCUT2D eigenvalue weighted by molar-refractivity contribution is 0.0939. The number of methoxy groups -OCH3 is 1. The summed E-state index contributed by atoms with van der Waals surface area (Å²) in [5.41, 5.74) is 7.41. The Morgan fingerprint density at radius 2 is 2.22 bits per heavy atom. The first-order valence-corrected chi connectivity index (χ1v) is 7.13. The first kappa shape index (κ1) is 15.6. The van der Waals surface area contributed by atoms with Crippen molar-refractivity contribution >= 4 is 11.3 Å². The standard InChI is InChI=1S/C13H24N2O2S/c1-10-4-9-18-13(10)12(11(2)14)15(5-7-16)6-8-17-3/h4,9,11-12,16H,5-8,14H2,1-3H3. The fourth-order valence-electron chi connectivity index (χ4n) is 2.15. The molecule has 1 heterocycles. The van der Waals surface area contributed by atoms with E-state index in [1.807, 2.05) is 6.92 Å². The maximum absolute atomic E-state index is 9.21. The van der Waals surface area contributed by atoms with Gasteiger partial charge in [-0.1, -0.05) is 0 Å². The van der Waals surface area contributed by atoms with E-state index in [1.165, 1.54) is 10.4 Å². The Morgan fingerprint density at radius 1 is 1.50 bits per heavy atom. The van der Waals surface area contributed by atoms with Crippen LogP contribution in [0.15, 0.2) is 11.4 Å². The summed E-state index contributed by atoms with van der Waals surface area (Å²) in [5.74, 6) is 0. The van der Waals surface area contributed by atoms with Gasteiger partial charge in [0.1, 0.15) is 0 Å². The van der Waals surface area contributed by atoms with Crippen molar-refractivity contribution in [3.05, 3.63) is 21.9 Å². The molecule has 18 heavy (non-hydrogen) atoms. The Hall–Kier alpha value is -0.460. The van der Waals surface area contributed by atoms with Gasteiger partial charge in [0, 0.05) is 31.1 Å². The molecule has 104 valence electrons. The van der Waals surface area contributed by atoms with Crippen LogP contribution in [0, 0.1) is 6.92 Å². The highest BCUT2D eigenvalue weighted by Crippen LogP contribution is 2.30. The number of hydrogen-bond acceptors (Lipinski definition) is 5. The van der Waals surface area contributed by atoms with Gasteiger partial charge in [-0.25, -0.2) is 0 Å². The van der Waals surface area contributed by atoms with Gasteiger partial charge in [0.05, 0.1) is 19.3 Å². The molecular weight excluding hydrogens is 248 g/mol. The monoisotopic (exact) mass is 272 g/mol. The van der Waals surface area contributed by atoms with Crippen LogP contribution in [-0.2, 0) is 4.74 Å². The van der Waals surface area contributed by atoms with Gasteiger partial charge < -0.3 is 15.6 Å². The Kier molecular flexibility index (Phi) is 6.81. The topological polar surface area (TPSA) is 58.7 Å². The maximum atomic E-state index is 9.21. The molecule has 4 nitrogen and oxygen atoms in total. The smallest absolute Gasteiger partial charge is 0.0594 e. The van der Waals surface area contributed by atoms with E-state index < -0.39 is 0 Å². The zero-order chi connectivity index (χ0) is 13.5. The first-order valence-electron chi connectivity index (χ1n) is 6.25. The number of hydrogen-bond donors (Lipinski definition) is 2. The zero-order valence-corrected chi connectivity index (χ0v) is 12.2. The maximum Gasteiger partial charge on any atom is 0.0594 e. The molecule has 1 aromatic rings. The molecule has 2 unspecified atom stereocenters. The molecule has 0 amide bonds. The molecular formula is C13H24N2O2S. The third-order valence-electron chi connectivity index (χ3n) is 3.03. The Labute approximate surface area is 113 Å². The normalized spacial score (nSPS) is 15.0. The lowest BCUT2D eigenvalue weighted by Gasteiger charge is -2.33. The van der Waals surface area contributed by atoms with Crippen molar-refractivity contribution < 1.29 is 9.84 Å². The van der Waals surface area contributed by atoms with Crippen LogP contribution >= 0.6 is 11.3 Å². The predicted octanol–water partition coefficient (Wildman–Crippen LogP) is 1.39. The molecule has 1 rings (SSSR count). The lowest BCUT2D eigenvalue weighted by atomic mass is 10.0. The van der Waals surface area contributed by atoms with Gasteiger partial charge in [-0.05, 0) is 30.9 Å². The van der Waals surface area contributed by atoms with E-state index in [1.54, 1.807) is 18.4 Å². The molecule has 1 aromatic heterocycles. The van der Waals surface area contributed by atoms with Crippen LogP contribution in [0.25, 0.3) is 0 Å². The molecule has 0 radical (unpaired) electrons. The van der Waals surface area contributed by atoms with Crippen LogP contribution in [0.2, 0.25) is 0 Å². The number of aliphatic hydroxyl groups excluding tert-OH is 1. The second-order valence-corrected chi connectivity index (χ2v) is 5.47. The van der Waals surface area contributed by atoms with Gasteiger partial charge in [0.2, 0.25) is 0 Å². The summed E-state index contributed by atoms with van der Waals surface area (Å²) in [5, 5.41) is 11.3. The second kappa shape index (κ2) is 7.86. The highest BCUT2D eigenvalue weighted by Gasteiger charge is 2.25. The highest BCUT2D eigenvalue weighted by molar-refractivity contribution is 7.10. The minimum atomic E-state index is 0.0192. The molecule has 0 fully saturated rings. The first-order chi connectivity index (χ1) is 8.61. The average Bonchev–Trinajstić information content (AvgIpc) is 2.72. The molecule has 5 heteroatoms. The molecule has 0 saturated heterocycles. The quantitative estimate of drug-likeness (QED) is 0.751. The molecule has 0 saturated carbocycles. The van der Waals surface area contributed by atoms with Crippen LogP contribution in [-0.4, -0.2) is 49.5 Å². The van der Waals surface area contributed by atoms with E-state index >= 15 is 0 Å². The van der Waals surface area contributed by atoms with Crippen molar-refractivity contribution in [1.29, 1.82) is 0 Å². The van der Waals surface area contributed by atoms with Crippen LogP contribution in [0.5, 0.6) is 0 Å². The molecule has 0 aliphatic carbocycles. The molecule has 0 aliphatic heterocycles. The number of rotatable bonds is 8. The number of thiophene rings is 1. The fourth-order valence-corrected chi connectivity index (χ4v) is 3.33. The second-order valence-electron chi connectivity index (χ2n) is 4.52. The lowest BCUT2D eigenvalue weighted by Crippen LogP contribution is -2.42. The SMILES string of the molecule is COCCN(CCO)C(c1sccc1C)C(C)N. The van der Waals surface area contributed by atoms with Crippen molar-refractivity contribution in [2.24, 2.45) is 5.73 Å². The van der Waals surface area contributed by atoms with Crippen molar-refractivity contribution in [2.45, 2.75) is 25.9 Å². The van der Waals surface area contributed by atoms with E-state index in [4.69, 9.17) is 10.5 Å². The third-order valence-corrected chi connectivity index (χ3v) is 4.12. The van der Waals surface area contributed by atoms with E-state index in [0.29, 0.717) is 13.2 Å². The van der Waals surface area contributed by atoms with Crippen LogP contribution in [0.4, 0.5) is 0 Å². The summed E-state index contributed by atoms with van der Waals surface area (Å²) in [6.07, 6.45) is 0. The summed E-state index contributed by atoms with van der Waals surface area (Å²) in [6, 6.07) is 2.28. The predicted molar refractivity (Wildman–Crippen MR) is 76.0 cm³/mol. The number of aliphatic hydroxyl groups is 1. The molecule has 2 atom stereocenters. The molecule has 0 aromatic carbocycles. The summed E-state index contributed by atoms with van der Waals surface area (Å²) < 4.78 is 5.14. The Bertz CT molecular complexity index is 341. The summed E-state index contributed by atoms with van der Waals surface area (Å²) in [6.45, 7) is 6.30. The van der Waals surface area contributed by atoms with E-state index in [9.17, 15) is 5.11 Å². The summed E-state index contributed by atoms with van der Waals surface area (Å²) in [7, 11) is 1.69. The van der Waals surface area contributed by atoms with Gasteiger partial charge >= 0.3 is 0 Å².